The summed E-state index contributed by atoms with van der Waals surface area (Å²) in [5, 5.41) is 10.6. The minimum absolute atomic E-state index is 0.000427. The lowest BCUT2D eigenvalue weighted by molar-refractivity contribution is 0.0917. The smallest absolute Gasteiger partial charge is 0.269 e. The zero-order chi connectivity index (χ0) is 24.7. The Morgan fingerprint density at radius 1 is 1.14 bits per heavy atom. The van der Waals surface area contributed by atoms with Crippen LogP contribution in [0.15, 0.2) is 30.6 Å². The van der Waals surface area contributed by atoms with Crippen LogP contribution in [0.4, 0.5) is 19.0 Å². The molecule has 1 aliphatic rings. The average molecular weight is 483 g/mol. The van der Waals surface area contributed by atoms with Gasteiger partial charge in [0.2, 0.25) is 0 Å². The maximum atomic E-state index is 14.6. The van der Waals surface area contributed by atoms with Crippen molar-refractivity contribution >= 4 is 22.6 Å². The van der Waals surface area contributed by atoms with Crippen molar-refractivity contribution in [2.45, 2.75) is 44.7 Å². The van der Waals surface area contributed by atoms with E-state index in [2.05, 4.69) is 30.7 Å². The molecule has 8 nitrogen and oxygen atoms in total. The lowest BCUT2D eigenvalue weighted by Crippen LogP contribution is -2.42. The van der Waals surface area contributed by atoms with E-state index in [1.54, 1.807) is 17.8 Å². The van der Waals surface area contributed by atoms with E-state index in [0.717, 1.165) is 37.2 Å². The van der Waals surface area contributed by atoms with E-state index >= 15 is 0 Å². The molecule has 2 atom stereocenters. The van der Waals surface area contributed by atoms with Crippen molar-refractivity contribution in [1.29, 1.82) is 0 Å². The van der Waals surface area contributed by atoms with Crippen LogP contribution in [0, 0.1) is 24.4 Å². The van der Waals surface area contributed by atoms with Gasteiger partial charge in [-0.25, -0.2) is 23.1 Å². The topological polar surface area (TPSA) is 101 Å². The van der Waals surface area contributed by atoms with E-state index in [1.165, 1.54) is 12.3 Å². The van der Waals surface area contributed by atoms with Gasteiger partial charge < -0.3 is 15.6 Å². The zero-order valence-corrected chi connectivity index (χ0v) is 19.2. The van der Waals surface area contributed by atoms with Crippen molar-refractivity contribution in [3.8, 4) is 11.4 Å². The summed E-state index contributed by atoms with van der Waals surface area (Å²) in [6.07, 6.45) is 5.52. The Labute approximate surface area is 199 Å². The van der Waals surface area contributed by atoms with Crippen molar-refractivity contribution in [1.82, 2.24) is 30.0 Å². The molecule has 182 valence electrons. The molecule has 0 unspecified atom stereocenters. The number of carbonyl (C=O) groups is 1. The molecule has 0 radical (unpaired) electrons. The van der Waals surface area contributed by atoms with Crippen LogP contribution in [0.2, 0.25) is 0 Å². The zero-order valence-electron chi connectivity index (χ0n) is 19.2. The highest BCUT2D eigenvalue weighted by atomic mass is 19.1. The molecule has 0 bridgehead atoms. The van der Waals surface area contributed by atoms with Crippen LogP contribution in [-0.2, 0) is 7.05 Å². The van der Waals surface area contributed by atoms with E-state index in [4.69, 9.17) is 0 Å². The molecule has 1 aromatic carbocycles. The van der Waals surface area contributed by atoms with Gasteiger partial charge in [-0.15, -0.1) is 0 Å². The fourth-order valence-corrected chi connectivity index (χ4v) is 4.67. The summed E-state index contributed by atoms with van der Waals surface area (Å²) in [6.45, 7) is 1.82. The second-order valence-corrected chi connectivity index (χ2v) is 8.88. The molecule has 3 heterocycles. The fraction of sp³-hybridized carbons (Fsp3) is 0.333. The number of benzene rings is 1. The molecule has 35 heavy (non-hydrogen) atoms. The van der Waals surface area contributed by atoms with E-state index in [9.17, 15) is 18.0 Å². The largest absolute Gasteiger partial charge is 0.365 e. The highest BCUT2D eigenvalue weighted by Gasteiger charge is 2.26. The number of carbonyl (C=O) groups excluding carboxylic acids is 1. The molecule has 4 aromatic rings. The Bertz CT molecular complexity index is 1410. The van der Waals surface area contributed by atoms with Gasteiger partial charge in [0.05, 0.1) is 17.4 Å². The van der Waals surface area contributed by atoms with Crippen LogP contribution in [0.25, 0.3) is 22.3 Å². The molecule has 0 saturated heterocycles. The van der Waals surface area contributed by atoms with Gasteiger partial charge in [0.1, 0.15) is 17.3 Å². The van der Waals surface area contributed by atoms with Crippen LogP contribution in [0.3, 0.4) is 0 Å². The minimum Gasteiger partial charge on any atom is -0.365 e. The highest BCUT2D eigenvalue weighted by molar-refractivity contribution is 5.94. The number of nitrogens with one attached hydrogen (secondary N) is 3. The van der Waals surface area contributed by atoms with Gasteiger partial charge in [-0.1, -0.05) is 0 Å². The Morgan fingerprint density at radius 3 is 2.71 bits per heavy atom. The van der Waals surface area contributed by atoms with Crippen LogP contribution >= 0.6 is 0 Å². The van der Waals surface area contributed by atoms with Gasteiger partial charge in [0.15, 0.2) is 17.5 Å². The number of rotatable bonds is 5. The second-order valence-electron chi connectivity index (χ2n) is 8.88. The molecular weight excluding hydrogens is 459 g/mol. The van der Waals surface area contributed by atoms with Crippen molar-refractivity contribution in [3.05, 3.63) is 59.4 Å². The first kappa shape index (κ1) is 22.9. The van der Waals surface area contributed by atoms with Gasteiger partial charge in [0, 0.05) is 42.3 Å². The first-order chi connectivity index (χ1) is 16.8. The second kappa shape index (κ2) is 9.05. The number of fused-ring (bicyclic) bond motifs is 1. The highest BCUT2D eigenvalue weighted by Crippen LogP contribution is 2.30. The molecule has 1 aliphatic carbocycles. The Morgan fingerprint density at radius 2 is 1.94 bits per heavy atom. The Kier molecular flexibility index (Phi) is 5.91. The van der Waals surface area contributed by atoms with Crippen LogP contribution in [0.5, 0.6) is 0 Å². The average Bonchev–Trinajstić information content (AvgIpc) is 3.38. The molecule has 0 spiro atoms. The molecule has 3 aromatic heterocycles. The van der Waals surface area contributed by atoms with Gasteiger partial charge in [-0.05, 0) is 44.7 Å². The third-order valence-electron chi connectivity index (χ3n) is 6.28. The number of aryl methyl sites for hydroxylation is 2. The summed E-state index contributed by atoms with van der Waals surface area (Å²) >= 11 is 0. The molecule has 1 saturated carbocycles. The number of hydrogen-bond donors (Lipinski definition) is 3. The summed E-state index contributed by atoms with van der Waals surface area (Å²) in [5.74, 6) is -2.16. The third kappa shape index (κ3) is 4.58. The summed E-state index contributed by atoms with van der Waals surface area (Å²) in [6, 6.07) is 3.48. The maximum absolute atomic E-state index is 14.6. The normalized spacial score (nSPS) is 18.1. The van der Waals surface area contributed by atoms with Gasteiger partial charge >= 0.3 is 0 Å². The number of amides is 1. The van der Waals surface area contributed by atoms with Crippen LogP contribution < -0.4 is 10.6 Å². The predicted octanol–water partition coefficient (Wildman–Crippen LogP) is 4.24. The van der Waals surface area contributed by atoms with Crippen molar-refractivity contribution in [2.75, 3.05) is 5.32 Å². The number of aromatic nitrogens is 5. The third-order valence-corrected chi connectivity index (χ3v) is 6.28. The number of aromatic amines is 1. The number of hydrogen-bond acceptors (Lipinski definition) is 5. The van der Waals surface area contributed by atoms with E-state index in [1.807, 2.05) is 6.92 Å². The van der Waals surface area contributed by atoms with Gasteiger partial charge in [0.25, 0.3) is 5.91 Å². The number of anilines is 1. The number of H-pyrrole nitrogens is 1. The predicted molar refractivity (Wildman–Crippen MR) is 124 cm³/mol. The SMILES string of the molecule is Cc1cc(C(=O)N[C@@H]2CCC[C@H](Nc3nc(-c4c[nH]c5c(F)cc(F)cc45)ncc3F)C2)n(C)n1. The summed E-state index contributed by atoms with van der Waals surface area (Å²) in [4.78, 5) is 23.8. The first-order valence-corrected chi connectivity index (χ1v) is 11.4. The van der Waals surface area contributed by atoms with Crippen molar-refractivity contribution in [3.63, 3.8) is 0 Å². The monoisotopic (exact) mass is 483 g/mol. The van der Waals surface area contributed by atoms with E-state index in [0.29, 0.717) is 17.7 Å². The van der Waals surface area contributed by atoms with Crippen molar-refractivity contribution < 1.29 is 18.0 Å². The Hall–Kier alpha value is -3.89. The van der Waals surface area contributed by atoms with Gasteiger partial charge in [-0.2, -0.15) is 5.10 Å². The summed E-state index contributed by atoms with van der Waals surface area (Å²) in [7, 11) is 1.72. The maximum Gasteiger partial charge on any atom is 0.269 e. The van der Waals surface area contributed by atoms with Crippen molar-refractivity contribution in [2.24, 2.45) is 7.05 Å². The standard InChI is InChI=1S/C24H24F3N7O/c1-12-6-20(34(2)33-12)24(35)31-15-5-3-4-14(9-15)30-23-19(27)11-29-22(32-23)17-10-28-21-16(17)7-13(25)8-18(21)26/h6-8,10-11,14-15,28H,3-5,9H2,1-2H3,(H,31,35)(H,29,30,32)/t14-,15+/m0/s1. The quantitative estimate of drug-likeness (QED) is 0.394. The molecular formula is C24H24F3N7O. The number of nitrogens with zero attached hydrogens (tertiary/aromatic N) is 4. The molecule has 0 aliphatic heterocycles. The minimum atomic E-state index is -0.733. The lowest BCUT2D eigenvalue weighted by Gasteiger charge is -2.30. The van der Waals surface area contributed by atoms with E-state index in [-0.39, 0.29) is 40.5 Å². The fourth-order valence-electron chi connectivity index (χ4n) is 4.67. The molecule has 1 amide bonds. The number of halogens is 3. The summed E-state index contributed by atoms with van der Waals surface area (Å²) < 4.78 is 44.0. The first-order valence-electron chi connectivity index (χ1n) is 11.4. The molecule has 1 fully saturated rings. The van der Waals surface area contributed by atoms with Crippen LogP contribution in [-0.4, -0.2) is 42.7 Å². The molecule has 5 rings (SSSR count). The molecule has 3 N–H and O–H groups in total. The molecule has 11 heteroatoms. The lowest BCUT2D eigenvalue weighted by atomic mass is 9.91. The Balaban J connectivity index is 1.33. The van der Waals surface area contributed by atoms with E-state index < -0.39 is 17.5 Å². The van der Waals surface area contributed by atoms with Gasteiger partial charge in [-0.3, -0.25) is 9.48 Å². The summed E-state index contributed by atoms with van der Waals surface area (Å²) in [5.41, 5.74) is 1.73. The van der Waals surface area contributed by atoms with Crippen LogP contribution in [0.1, 0.15) is 41.9 Å².